The van der Waals surface area contributed by atoms with E-state index in [2.05, 4.69) is 0 Å². The molecule has 1 aliphatic heterocycles. The molecule has 0 aromatic carbocycles. The van der Waals surface area contributed by atoms with Gasteiger partial charge in [-0.3, -0.25) is 19.3 Å². The molecule has 1 atom stereocenters. The molecule has 1 amide bonds. The van der Waals surface area contributed by atoms with Crippen LogP contribution in [0.4, 0.5) is 0 Å². The minimum absolute atomic E-state index is 0.168. The average molecular weight is 256 g/mol. The lowest BCUT2D eigenvalue weighted by molar-refractivity contribution is -0.145. The van der Waals surface area contributed by atoms with Gasteiger partial charge >= 0.3 is 5.97 Å². The smallest absolute Gasteiger partial charge is 0.313 e. The highest BCUT2D eigenvalue weighted by molar-refractivity contribution is 5.96. The fourth-order valence-electron chi connectivity index (χ4n) is 2.07. The Morgan fingerprint density at radius 2 is 2.06 bits per heavy atom. The molecule has 1 fully saturated rings. The molecule has 2 N–H and O–H groups in total. The van der Waals surface area contributed by atoms with Gasteiger partial charge in [0.05, 0.1) is 18.6 Å². The van der Waals surface area contributed by atoms with Crippen molar-refractivity contribution < 1.29 is 19.1 Å². The summed E-state index contributed by atoms with van der Waals surface area (Å²) in [6.07, 6.45) is 0.437. The van der Waals surface area contributed by atoms with Crippen LogP contribution in [0.3, 0.4) is 0 Å². The van der Waals surface area contributed by atoms with Crippen LogP contribution in [0, 0.1) is 5.41 Å². The van der Waals surface area contributed by atoms with Crippen molar-refractivity contribution in [3.05, 3.63) is 0 Å². The summed E-state index contributed by atoms with van der Waals surface area (Å²) in [5.41, 5.74) is 4.76. The Morgan fingerprint density at radius 3 is 2.56 bits per heavy atom. The summed E-state index contributed by atoms with van der Waals surface area (Å²) in [6.45, 7) is 5.05. The van der Waals surface area contributed by atoms with Crippen LogP contribution in [0.15, 0.2) is 0 Å². The summed E-state index contributed by atoms with van der Waals surface area (Å²) >= 11 is 0. The standard InChI is InChI=1S/C12H20N2O4/c1-3-18-10(16)6-9(15)7-14-5-4-12(2,8-14)11(13)17/h3-8H2,1-2H3,(H2,13,17). The zero-order chi connectivity index (χ0) is 13.8. The van der Waals surface area contributed by atoms with E-state index >= 15 is 0 Å². The van der Waals surface area contributed by atoms with Gasteiger partial charge in [-0.25, -0.2) is 0 Å². The Bertz CT molecular complexity index is 356. The van der Waals surface area contributed by atoms with Gasteiger partial charge in [-0.2, -0.15) is 0 Å². The van der Waals surface area contributed by atoms with Crippen LogP contribution in [-0.2, 0) is 19.1 Å². The third-order valence-corrected chi connectivity index (χ3v) is 3.19. The second kappa shape index (κ2) is 5.95. The fraction of sp³-hybridized carbons (Fsp3) is 0.750. The molecule has 18 heavy (non-hydrogen) atoms. The number of rotatable bonds is 6. The summed E-state index contributed by atoms with van der Waals surface area (Å²) < 4.78 is 4.70. The average Bonchev–Trinajstić information content (AvgIpc) is 2.61. The van der Waals surface area contributed by atoms with Gasteiger partial charge in [0.15, 0.2) is 5.78 Å². The predicted octanol–water partition coefficient (Wildman–Crippen LogP) is -0.294. The molecule has 1 saturated heterocycles. The molecule has 0 saturated carbocycles. The zero-order valence-electron chi connectivity index (χ0n) is 10.9. The van der Waals surface area contributed by atoms with Crippen molar-refractivity contribution in [2.75, 3.05) is 26.2 Å². The van der Waals surface area contributed by atoms with Crippen LogP contribution >= 0.6 is 0 Å². The van der Waals surface area contributed by atoms with Crippen molar-refractivity contribution in [1.82, 2.24) is 4.90 Å². The summed E-state index contributed by atoms with van der Waals surface area (Å²) in [6, 6.07) is 0. The number of esters is 1. The second-order valence-corrected chi connectivity index (χ2v) is 4.91. The Labute approximate surface area is 106 Å². The molecule has 1 heterocycles. The SMILES string of the molecule is CCOC(=O)CC(=O)CN1CCC(C)(C(N)=O)C1. The Hall–Kier alpha value is -1.43. The number of carbonyl (C=O) groups excluding carboxylic acids is 3. The summed E-state index contributed by atoms with van der Waals surface area (Å²) in [5.74, 6) is -1.04. The third kappa shape index (κ3) is 3.80. The molecular weight excluding hydrogens is 236 g/mol. The number of nitrogens with two attached hydrogens (primary N) is 1. The number of primary amides is 1. The topological polar surface area (TPSA) is 89.7 Å². The molecule has 1 aliphatic rings. The molecule has 1 unspecified atom stereocenters. The van der Waals surface area contributed by atoms with Crippen molar-refractivity contribution in [3.8, 4) is 0 Å². The summed E-state index contributed by atoms with van der Waals surface area (Å²) in [7, 11) is 0. The normalized spacial score (nSPS) is 23.9. The zero-order valence-corrected chi connectivity index (χ0v) is 10.9. The van der Waals surface area contributed by atoms with E-state index < -0.39 is 11.4 Å². The molecule has 6 nitrogen and oxygen atoms in total. The van der Waals surface area contributed by atoms with Crippen molar-refractivity contribution in [2.45, 2.75) is 26.7 Å². The molecular formula is C12H20N2O4. The van der Waals surface area contributed by atoms with E-state index in [9.17, 15) is 14.4 Å². The van der Waals surface area contributed by atoms with Crippen LogP contribution in [0.1, 0.15) is 26.7 Å². The first-order valence-electron chi connectivity index (χ1n) is 6.07. The highest BCUT2D eigenvalue weighted by atomic mass is 16.5. The largest absolute Gasteiger partial charge is 0.466 e. The van der Waals surface area contributed by atoms with E-state index in [1.165, 1.54) is 0 Å². The first-order valence-corrected chi connectivity index (χ1v) is 6.07. The number of hydrogen-bond donors (Lipinski definition) is 1. The van der Waals surface area contributed by atoms with Crippen LogP contribution in [0.2, 0.25) is 0 Å². The van der Waals surface area contributed by atoms with Gasteiger partial charge in [0, 0.05) is 6.54 Å². The fourth-order valence-corrected chi connectivity index (χ4v) is 2.07. The van der Waals surface area contributed by atoms with Gasteiger partial charge in [0.1, 0.15) is 6.42 Å². The van der Waals surface area contributed by atoms with Gasteiger partial charge in [0.25, 0.3) is 0 Å². The molecule has 0 radical (unpaired) electrons. The molecule has 0 aromatic rings. The summed E-state index contributed by atoms with van der Waals surface area (Å²) in [4.78, 5) is 35.8. The van der Waals surface area contributed by atoms with Gasteiger partial charge in [-0.05, 0) is 26.8 Å². The lowest BCUT2D eigenvalue weighted by Crippen LogP contribution is -2.38. The number of ketones is 1. The molecule has 0 aromatic heterocycles. The third-order valence-electron chi connectivity index (χ3n) is 3.19. The summed E-state index contributed by atoms with van der Waals surface area (Å²) in [5, 5.41) is 0. The Morgan fingerprint density at radius 1 is 1.39 bits per heavy atom. The van der Waals surface area contributed by atoms with Gasteiger partial charge in [-0.15, -0.1) is 0 Å². The van der Waals surface area contributed by atoms with Gasteiger partial charge in [0.2, 0.25) is 5.91 Å². The lowest BCUT2D eigenvalue weighted by atomic mass is 9.89. The minimum Gasteiger partial charge on any atom is -0.466 e. The number of hydrogen-bond acceptors (Lipinski definition) is 5. The minimum atomic E-state index is -0.565. The molecule has 0 spiro atoms. The molecule has 1 rings (SSSR count). The van der Waals surface area contributed by atoms with Crippen LogP contribution in [0.25, 0.3) is 0 Å². The number of Topliss-reactive ketones (excluding diaryl/α,β-unsaturated/α-hetero) is 1. The molecule has 0 bridgehead atoms. The number of ether oxygens (including phenoxy) is 1. The first kappa shape index (κ1) is 14.6. The van der Waals surface area contributed by atoms with Gasteiger partial charge < -0.3 is 10.5 Å². The number of carbonyl (C=O) groups is 3. The van der Waals surface area contributed by atoms with E-state index in [0.29, 0.717) is 19.5 Å². The van der Waals surface area contributed by atoms with E-state index in [-0.39, 0.29) is 31.3 Å². The quantitative estimate of drug-likeness (QED) is 0.521. The van der Waals surface area contributed by atoms with Crippen molar-refractivity contribution >= 4 is 17.7 Å². The van der Waals surface area contributed by atoms with Crippen LogP contribution < -0.4 is 5.73 Å². The maximum atomic E-state index is 11.6. The van der Waals surface area contributed by atoms with E-state index in [4.69, 9.17) is 10.5 Å². The van der Waals surface area contributed by atoms with Crippen molar-refractivity contribution in [2.24, 2.45) is 11.1 Å². The maximum absolute atomic E-state index is 11.6. The van der Waals surface area contributed by atoms with Crippen molar-refractivity contribution in [3.63, 3.8) is 0 Å². The monoisotopic (exact) mass is 256 g/mol. The van der Waals surface area contributed by atoms with E-state index in [0.717, 1.165) is 0 Å². The number of likely N-dealkylation sites (tertiary alicyclic amines) is 1. The molecule has 6 heteroatoms. The van der Waals surface area contributed by atoms with Crippen molar-refractivity contribution in [1.29, 1.82) is 0 Å². The first-order chi connectivity index (χ1) is 8.37. The van der Waals surface area contributed by atoms with E-state index in [1.807, 2.05) is 4.90 Å². The van der Waals surface area contributed by atoms with Crippen LogP contribution in [-0.4, -0.2) is 48.8 Å². The second-order valence-electron chi connectivity index (χ2n) is 4.91. The predicted molar refractivity (Wildman–Crippen MR) is 64.6 cm³/mol. The molecule has 0 aliphatic carbocycles. The highest BCUT2D eigenvalue weighted by Gasteiger charge is 2.39. The highest BCUT2D eigenvalue weighted by Crippen LogP contribution is 2.29. The molecule has 102 valence electrons. The maximum Gasteiger partial charge on any atom is 0.313 e. The number of nitrogens with zero attached hydrogens (tertiary/aromatic N) is 1. The lowest BCUT2D eigenvalue weighted by Gasteiger charge is -2.20. The Kier molecular flexibility index (Phi) is 4.84. The van der Waals surface area contributed by atoms with E-state index in [1.54, 1.807) is 13.8 Å². The Balaban J connectivity index is 2.39. The van der Waals surface area contributed by atoms with Crippen LogP contribution in [0.5, 0.6) is 0 Å². The number of amides is 1. The van der Waals surface area contributed by atoms with Gasteiger partial charge in [-0.1, -0.05) is 0 Å².